The average molecular weight is 297 g/mol. The van der Waals surface area contributed by atoms with Crippen LogP contribution in [0.25, 0.3) is 0 Å². The zero-order chi connectivity index (χ0) is 14.3. The highest BCUT2D eigenvalue weighted by Crippen LogP contribution is 2.41. The van der Waals surface area contributed by atoms with Gasteiger partial charge in [0.15, 0.2) is 0 Å². The van der Waals surface area contributed by atoms with E-state index in [1.807, 2.05) is 0 Å². The van der Waals surface area contributed by atoms with Gasteiger partial charge in [0.05, 0.1) is 5.75 Å². The highest BCUT2D eigenvalue weighted by atomic mass is 32.2. The first-order valence-electron chi connectivity index (χ1n) is 6.34. The molecule has 0 amide bonds. The molecule has 2 fully saturated rings. The Morgan fingerprint density at radius 2 is 2.00 bits per heavy atom. The van der Waals surface area contributed by atoms with E-state index < -0.39 is 39.6 Å². The summed E-state index contributed by atoms with van der Waals surface area (Å²) in [7, 11) is -3.94. The smallest absolute Gasteiger partial charge is 0.322 e. The highest BCUT2D eigenvalue weighted by Gasteiger charge is 2.48. The topological polar surface area (TPSA) is 74.7 Å². The van der Waals surface area contributed by atoms with E-state index in [1.54, 1.807) is 0 Å². The van der Waals surface area contributed by atoms with E-state index >= 15 is 0 Å². The van der Waals surface area contributed by atoms with Gasteiger partial charge in [0, 0.05) is 18.9 Å². The molecule has 5 nitrogen and oxygen atoms in total. The van der Waals surface area contributed by atoms with Gasteiger partial charge < -0.3 is 5.11 Å². The largest absolute Gasteiger partial charge is 0.480 e. The van der Waals surface area contributed by atoms with Gasteiger partial charge >= 0.3 is 5.97 Å². The average Bonchev–Trinajstić information content (AvgIpc) is 2.86. The molecule has 1 N–H and O–H groups in total. The van der Waals surface area contributed by atoms with Gasteiger partial charge in [-0.2, -0.15) is 4.31 Å². The first-order valence-corrected chi connectivity index (χ1v) is 7.95. The van der Waals surface area contributed by atoms with Crippen LogP contribution in [0.15, 0.2) is 0 Å². The second kappa shape index (κ2) is 4.97. The fraction of sp³-hybridized carbons (Fsp3) is 0.909. The maximum absolute atomic E-state index is 13.5. The monoisotopic (exact) mass is 297 g/mol. The molecule has 0 radical (unpaired) electrons. The van der Waals surface area contributed by atoms with E-state index in [1.165, 1.54) is 0 Å². The molecule has 8 heteroatoms. The summed E-state index contributed by atoms with van der Waals surface area (Å²) in [5.74, 6) is -6.00. The van der Waals surface area contributed by atoms with Gasteiger partial charge in [-0.1, -0.05) is 0 Å². The fourth-order valence-electron chi connectivity index (χ4n) is 2.87. The molecule has 110 valence electrons. The van der Waals surface area contributed by atoms with E-state index in [0.717, 1.165) is 4.31 Å². The Kier molecular flexibility index (Phi) is 3.83. The molecule has 1 aliphatic carbocycles. The van der Waals surface area contributed by atoms with Crippen molar-refractivity contribution in [2.75, 3.05) is 12.3 Å². The molecule has 1 saturated heterocycles. The SMILES string of the molecule is O=C(O)[C@H]1CCCN1S(=O)(=O)CC1CCCC1(F)F. The lowest BCUT2D eigenvalue weighted by atomic mass is 10.1. The van der Waals surface area contributed by atoms with Gasteiger partial charge in [-0.3, -0.25) is 4.79 Å². The molecule has 1 aliphatic heterocycles. The van der Waals surface area contributed by atoms with Crippen molar-refractivity contribution in [1.29, 1.82) is 0 Å². The van der Waals surface area contributed by atoms with Gasteiger partial charge in [-0.05, 0) is 25.7 Å². The fourth-order valence-corrected chi connectivity index (χ4v) is 4.98. The molecule has 0 aromatic rings. The summed E-state index contributed by atoms with van der Waals surface area (Å²) in [6.45, 7) is 0.109. The maximum Gasteiger partial charge on any atom is 0.322 e. The van der Waals surface area contributed by atoms with E-state index in [2.05, 4.69) is 0 Å². The number of nitrogens with zero attached hydrogens (tertiary/aromatic N) is 1. The predicted octanol–water partition coefficient (Wildman–Crippen LogP) is 1.30. The van der Waals surface area contributed by atoms with Gasteiger partial charge in [0.2, 0.25) is 10.0 Å². The molecule has 0 aromatic carbocycles. The zero-order valence-corrected chi connectivity index (χ0v) is 11.2. The minimum atomic E-state index is -3.94. The number of sulfonamides is 1. The number of hydrogen-bond acceptors (Lipinski definition) is 3. The van der Waals surface area contributed by atoms with Crippen molar-refractivity contribution in [3.63, 3.8) is 0 Å². The summed E-state index contributed by atoms with van der Waals surface area (Å²) in [5, 5.41) is 8.96. The van der Waals surface area contributed by atoms with Crippen molar-refractivity contribution in [1.82, 2.24) is 4.31 Å². The van der Waals surface area contributed by atoms with Crippen LogP contribution in [-0.4, -0.2) is 48.1 Å². The lowest BCUT2D eigenvalue weighted by Crippen LogP contribution is -2.44. The Bertz CT molecular complexity index is 465. The van der Waals surface area contributed by atoms with Crippen molar-refractivity contribution in [3.05, 3.63) is 0 Å². The minimum absolute atomic E-state index is 0.109. The number of halogens is 2. The Morgan fingerprint density at radius 3 is 2.53 bits per heavy atom. The van der Waals surface area contributed by atoms with Crippen LogP contribution in [0, 0.1) is 5.92 Å². The number of carboxylic acids is 1. The molecule has 19 heavy (non-hydrogen) atoms. The molecule has 2 rings (SSSR count). The second-order valence-corrected chi connectivity index (χ2v) is 7.20. The molecule has 1 heterocycles. The van der Waals surface area contributed by atoms with E-state index in [4.69, 9.17) is 5.11 Å². The van der Waals surface area contributed by atoms with Crippen LogP contribution in [0.3, 0.4) is 0 Å². The third-order valence-electron chi connectivity index (χ3n) is 3.92. The minimum Gasteiger partial charge on any atom is -0.480 e. The third-order valence-corrected chi connectivity index (χ3v) is 5.89. The summed E-state index contributed by atoms with van der Waals surface area (Å²) in [6, 6.07) is -1.10. The quantitative estimate of drug-likeness (QED) is 0.848. The summed E-state index contributed by atoms with van der Waals surface area (Å²) < 4.78 is 52.1. The van der Waals surface area contributed by atoms with Crippen LogP contribution >= 0.6 is 0 Å². The molecule has 1 unspecified atom stereocenters. The second-order valence-electron chi connectivity index (χ2n) is 5.24. The Balaban J connectivity index is 2.12. The van der Waals surface area contributed by atoms with E-state index in [9.17, 15) is 22.0 Å². The summed E-state index contributed by atoms with van der Waals surface area (Å²) in [6.07, 6.45) is 0.912. The first kappa shape index (κ1) is 14.6. The Labute approximate surface area is 110 Å². The zero-order valence-electron chi connectivity index (χ0n) is 10.4. The van der Waals surface area contributed by atoms with Crippen LogP contribution < -0.4 is 0 Å². The van der Waals surface area contributed by atoms with Crippen LogP contribution in [0.2, 0.25) is 0 Å². The number of carbonyl (C=O) groups is 1. The van der Waals surface area contributed by atoms with Crippen LogP contribution in [0.4, 0.5) is 8.78 Å². The van der Waals surface area contributed by atoms with Crippen molar-refractivity contribution in [3.8, 4) is 0 Å². The number of hydrogen-bond donors (Lipinski definition) is 1. The van der Waals surface area contributed by atoms with Crippen LogP contribution in [0.1, 0.15) is 32.1 Å². The van der Waals surface area contributed by atoms with Crippen molar-refractivity contribution in [2.24, 2.45) is 5.92 Å². The van der Waals surface area contributed by atoms with Crippen LogP contribution in [0.5, 0.6) is 0 Å². The highest BCUT2D eigenvalue weighted by molar-refractivity contribution is 7.89. The lowest BCUT2D eigenvalue weighted by Gasteiger charge is -2.25. The van der Waals surface area contributed by atoms with Crippen molar-refractivity contribution in [2.45, 2.75) is 44.1 Å². The predicted molar refractivity (Wildman–Crippen MR) is 63.4 cm³/mol. The number of alkyl halides is 2. The normalized spacial score (nSPS) is 31.7. The Hall–Kier alpha value is -0.760. The number of rotatable bonds is 4. The number of aliphatic carboxylic acids is 1. The van der Waals surface area contributed by atoms with Gasteiger partial charge in [-0.15, -0.1) is 0 Å². The molecular weight excluding hydrogens is 280 g/mol. The molecule has 1 saturated carbocycles. The summed E-state index contributed by atoms with van der Waals surface area (Å²) in [4.78, 5) is 11.0. The molecule has 2 aliphatic rings. The van der Waals surface area contributed by atoms with E-state index in [0.29, 0.717) is 12.8 Å². The van der Waals surface area contributed by atoms with Gasteiger partial charge in [0.1, 0.15) is 6.04 Å². The lowest BCUT2D eigenvalue weighted by molar-refractivity contribution is -0.140. The molecule has 2 atom stereocenters. The Morgan fingerprint density at radius 1 is 1.32 bits per heavy atom. The maximum atomic E-state index is 13.5. The molecule has 0 aromatic heterocycles. The van der Waals surface area contributed by atoms with Gasteiger partial charge in [0.25, 0.3) is 5.92 Å². The number of carboxylic acid groups (broad SMARTS) is 1. The summed E-state index contributed by atoms with van der Waals surface area (Å²) >= 11 is 0. The van der Waals surface area contributed by atoms with E-state index in [-0.39, 0.29) is 25.8 Å². The van der Waals surface area contributed by atoms with Gasteiger partial charge in [-0.25, -0.2) is 17.2 Å². The third kappa shape index (κ3) is 2.89. The standard InChI is InChI=1S/C11H17F2NO4S/c12-11(13)5-1-3-8(11)7-19(17,18)14-6-2-4-9(14)10(15)16/h8-9H,1-7H2,(H,15,16)/t8?,9-/m1/s1. The van der Waals surface area contributed by atoms with Crippen molar-refractivity contribution >= 4 is 16.0 Å². The molecule has 0 spiro atoms. The summed E-state index contributed by atoms with van der Waals surface area (Å²) in [5.41, 5.74) is 0. The molecule has 0 bridgehead atoms. The first-order chi connectivity index (χ1) is 8.74. The van der Waals surface area contributed by atoms with Crippen molar-refractivity contribution < 1.29 is 27.1 Å². The van der Waals surface area contributed by atoms with Crippen LogP contribution in [-0.2, 0) is 14.8 Å². The molecular formula is C11H17F2NO4S.